The molecule has 1 rings (SSSR count). The van der Waals surface area contributed by atoms with Gasteiger partial charge in [-0.05, 0) is 19.1 Å². The Balaban J connectivity index is 2.67. The predicted octanol–water partition coefficient (Wildman–Crippen LogP) is 2.21. The summed E-state index contributed by atoms with van der Waals surface area (Å²) in [4.78, 5) is 22.6. The zero-order valence-electron chi connectivity index (χ0n) is 8.34. The number of thioether (sulfide) groups is 1. The molecule has 1 atom stereocenters. The molecular weight excluding hydrogens is 212 g/mol. The Morgan fingerprint density at radius 3 is 2.40 bits per heavy atom. The van der Waals surface area contributed by atoms with Gasteiger partial charge in [0.2, 0.25) is 0 Å². The first-order valence-electron chi connectivity index (χ1n) is 4.53. The molecule has 15 heavy (non-hydrogen) atoms. The van der Waals surface area contributed by atoms with E-state index in [9.17, 15) is 9.59 Å². The molecule has 3 nitrogen and oxygen atoms in total. The van der Waals surface area contributed by atoms with E-state index in [0.717, 1.165) is 4.90 Å². The second-order valence-electron chi connectivity index (χ2n) is 3.16. The molecule has 1 unspecified atom stereocenters. The number of carboxylic acids is 1. The van der Waals surface area contributed by atoms with Crippen molar-refractivity contribution < 1.29 is 14.7 Å². The van der Waals surface area contributed by atoms with Crippen LogP contribution in [0.5, 0.6) is 0 Å². The maximum atomic E-state index is 10.9. The molecule has 0 spiro atoms. The third-order valence-corrected chi connectivity index (χ3v) is 2.97. The van der Waals surface area contributed by atoms with Crippen LogP contribution >= 0.6 is 11.8 Å². The zero-order valence-corrected chi connectivity index (χ0v) is 9.16. The van der Waals surface area contributed by atoms with Crippen LogP contribution in [-0.4, -0.2) is 22.1 Å². The maximum absolute atomic E-state index is 10.9. The second kappa shape index (κ2) is 5.56. The molecule has 0 saturated heterocycles. The molecule has 0 aliphatic carbocycles. The molecule has 1 aromatic carbocycles. The SMILES string of the molecule is CC(=O)CC(Sc1ccccc1)C(=O)O. The summed E-state index contributed by atoms with van der Waals surface area (Å²) < 4.78 is 0. The average molecular weight is 224 g/mol. The third kappa shape index (κ3) is 4.16. The second-order valence-corrected chi connectivity index (χ2v) is 4.44. The van der Waals surface area contributed by atoms with Crippen molar-refractivity contribution in [3.8, 4) is 0 Å². The van der Waals surface area contributed by atoms with Crippen molar-refractivity contribution in [2.24, 2.45) is 0 Å². The molecule has 0 aromatic heterocycles. The van der Waals surface area contributed by atoms with Gasteiger partial charge < -0.3 is 5.11 Å². The Hall–Kier alpha value is -1.29. The number of carboxylic acid groups (broad SMARTS) is 1. The molecule has 0 heterocycles. The van der Waals surface area contributed by atoms with Gasteiger partial charge in [-0.1, -0.05) is 18.2 Å². The number of Topliss-reactive ketones (excluding diaryl/α,β-unsaturated/α-hetero) is 1. The van der Waals surface area contributed by atoms with Gasteiger partial charge in [-0.15, -0.1) is 11.8 Å². The fraction of sp³-hybridized carbons (Fsp3) is 0.273. The minimum absolute atomic E-state index is 0.0644. The van der Waals surface area contributed by atoms with Crippen LogP contribution in [0.4, 0.5) is 0 Å². The molecule has 0 saturated carbocycles. The summed E-state index contributed by atoms with van der Waals surface area (Å²) in [5.74, 6) is -1.05. The van der Waals surface area contributed by atoms with Crippen LogP contribution in [0, 0.1) is 0 Å². The molecule has 0 aliphatic rings. The van der Waals surface area contributed by atoms with E-state index in [-0.39, 0.29) is 12.2 Å². The van der Waals surface area contributed by atoms with Gasteiger partial charge in [0.1, 0.15) is 11.0 Å². The topological polar surface area (TPSA) is 54.4 Å². The Morgan fingerprint density at radius 1 is 1.33 bits per heavy atom. The highest BCUT2D eigenvalue weighted by Crippen LogP contribution is 2.25. The lowest BCUT2D eigenvalue weighted by molar-refractivity contribution is -0.137. The molecule has 1 aromatic rings. The Bertz CT molecular complexity index is 348. The molecule has 0 amide bonds. The van der Waals surface area contributed by atoms with Crippen molar-refractivity contribution >= 4 is 23.5 Å². The summed E-state index contributed by atoms with van der Waals surface area (Å²) in [5.41, 5.74) is 0. The van der Waals surface area contributed by atoms with Crippen molar-refractivity contribution in [1.82, 2.24) is 0 Å². The quantitative estimate of drug-likeness (QED) is 0.779. The lowest BCUT2D eigenvalue weighted by Crippen LogP contribution is -2.19. The first-order valence-corrected chi connectivity index (χ1v) is 5.41. The summed E-state index contributed by atoms with van der Waals surface area (Å²) in [5, 5.41) is 8.22. The van der Waals surface area contributed by atoms with E-state index >= 15 is 0 Å². The largest absolute Gasteiger partial charge is 0.480 e. The van der Waals surface area contributed by atoms with Gasteiger partial charge in [-0.25, -0.2) is 0 Å². The van der Waals surface area contributed by atoms with E-state index in [4.69, 9.17) is 5.11 Å². The molecule has 0 radical (unpaired) electrons. The molecule has 0 aliphatic heterocycles. The van der Waals surface area contributed by atoms with Gasteiger partial charge in [0.25, 0.3) is 0 Å². The molecular formula is C11H12O3S. The summed E-state index contributed by atoms with van der Waals surface area (Å²) in [7, 11) is 0. The van der Waals surface area contributed by atoms with E-state index < -0.39 is 11.2 Å². The van der Waals surface area contributed by atoms with Crippen LogP contribution in [0.3, 0.4) is 0 Å². The zero-order chi connectivity index (χ0) is 11.3. The normalized spacial score (nSPS) is 12.1. The number of aliphatic carboxylic acids is 1. The Labute approximate surface area is 92.5 Å². The lowest BCUT2D eigenvalue weighted by Gasteiger charge is -2.09. The molecule has 0 fully saturated rings. The lowest BCUT2D eigenvalue weighted by atomic mass is 10.2. The fourth-order valence-corrected chi connectivity index (χ4v) is 2.17. The summed E-state index contributed by atoms with van der Waals surface area (Å²) in [6.07, 6.45) is 0.0644. The molecule has 0 bridgehead atoms. The first kappa shape index (κ1) is 11.8. The van der Waals surface area contributed by atoms with Crippen molar-refractivity contribution in [1.29, 1.82) is 0 Å². The predicted molar refractivity (Wildman–Crippen MR) is 59.0 cm³/mol. The molecule has 4 heteroatoms. The Morgan fingerprint density at radius 2 is 1.93 bits per heavy atom. The molecule has 80 valence electrons. The van der Waals surface area contributed by atoms with Crippen LogP contribution in [-0.2, 0) is 9.59 Å². The molecule has 1 N–H and O–H groups in total. The number of carbonyl (C=O) groups is 2. The highest BCUT2D eigenvalue weighted by molar-refractivity contribution is 8.00. The van der Waals surface area contributed by atoms with E-state index in [0.29, 0.717) is 0 Å². The van der Waals surface area contributed by atoms with E-state index in [1.807, 2.05) is 30.3 Å². The van der Waals surface area contributed by atoms with Crippen molar-refractivity contribution in [3.05, 3.63) is 30.3 Å². The minimum Gasteiger partial charge on any atom is -0.480 e. The average Bonchev–Trinajstić information content (AvgIpc) is 2.17. The highest BCUT2D eigenvalue weighted by Gasteiger charge is 2.20. The van der Waals surface area contributed by atoms with Crippen molar-refractivity contribution in [2.45, 2.75) is 23.5 Å². The van der Waals surface area contributed by atoms with E-state index in [1.165, 1.54) is 18.7 Å². The fourth-order valence-electron chi connectivity index (χ4n) is 1.10. The van der Waals surface area contributed by atoms with E-state index in [2.05, 4.69) is 0 Å². The van der Waals surface area contributed by atoms with Crippen LogP contribution < -0.4 is 0 Å². The third-order valence-electron chi connectivity index (χ3n) is 1.77. The van der Waals surface area contributed by atoms with Gasteiger partial charge in [0.05, 0.1) is 0 Å². The maximum Gasteiger partial charge on any atom is 0.317 e. The van der Waals surface area contributed by atoms with Crippen molar-refractivity contribution in [2.75, 3.05) is 0 Å². The number of ketones is 1. The monoisotopic (exact) mass is 224 g/mol. The summed E-state index contributed by atoms with van der Waals surface area (Å²) in [6.45, 7) is 1.40. The van der Waals surface area contributed by atoms with E-state index in [1.54, 1.807) is 0 Å². The number of rotatable bonds is 5. The Kier molecular flexibility index (Phi) is 4.37. The smallest absolute Gasteiger partial charge is 0.317 e. The van der Waals surface area contributed by atoms with Gasteiger partial charge in [0.15, 0.2) is 0 Å². The number of hydrogen-bond donors (Lipinski definition) is 1. The van der Waals surface area contributed by atoms with Gasteiger partial charge in [-0.2, -0.15) is 0 Å². The van der Waals surface area contributed by atoms with Gasteiger partial charge in [0, 0.05) is 11.3 Å². The first-order chi connectivity index (χ1) is 7.09. The number of hydrogen-bond acceptors (Lipinski definition) is 3. The van der Waals surface area contributed by atoms with Gasteiger partial charge >= 0.3 is 5.97 Å². The summed E-state index contributed by atoms with van der Waals surface area (Å²) >= 11 is 1.20. The number of benzene rings is 1. The van der Waals surface area contributed by atoms with Crippen LogP contribution in [0.15, 0.2) is 35.2 Å². The highest BCUT2D eigenvalue weighted by atomic mass is 32.2. The standard InChI is InChI=1S/C11H12O3S/c1-8(12)7-10(11(13)14)15-9-5-3-2-4-6-9/h2-6,10H,7H2,1H3,(H,13,14). The van der Waals surface area contributed by atoms with Crippen LogP contribution in [0.25, 0.3) is 0 Å². The number of carbonyl (C=O) groups excluding carboxylic acids is 1. The van der Waals surface area contributed by atoms with Crippen LogP contribution in [0.2, 0.25) is 0 Å². The van der Waals surface area contributed by atoms with Crippen molar-refractivity contribution in [3.63, 3.8) is 0 Å². The van der Waals surface area contributed by atoms with Crippen LogP contribution in [0.1, 0.15) is 13.3 Å². The minimum atomic E-state index is -0.945. The van der Waals surface area contributed by atoms with Gasteiger partial charge in [-0.3, -0.25) is 9.59 Å². The summed E-state index contributed by atoms with van der Waals surface area (Å²) in [6, 6.07) is 9.22.